The first-order valence-electron chi connectivity index (χ1n) is 8.66. The highest BCUT2D eigenvalue weighted by molar-refractivity contribution is 5.96. The van der Waals surface area contributed by atoms with Crippen LogP contribution in [-0.2, 0) is 16.1 Å². The molecule has 0 aliphatic carbocycles. The van der Waals surface area contributed by atoms with Gasteiger partial charge in [0.15, 0.2) is 0 Å². The Morgan fingerprint density at radius 2 is 1.89 bits per heavy atom. The Bertz CT molecular complexity index is 948. The number of benzene rings is 1. The first-order valence-corrected chi connectivity index (χ1v) is 8.66. The quantitative estimate of drug-likeness (QED) is 0.649. The molecule has 0 spiro atoms. The Labute approximate surface area is 156 Å². The standard InChI is InChI=1S/C20H21N3O4/c1-3-26-17-7-5-15(6-8-17)20(25)21-10-19(24)27-13-16-12-23-11-14(2)4-9-18(23)22-16/h4-9,11-12H,3,10,13H2,1-2H3,(H,21,25). The van der Waals surface area contributed by atoms with E-state index in [4.69, 9.17) is 9.47 Å². The van der Waals surface area contributed by atoms with Gasteiger partial charge in [-0.2, -0.15) is 0 Å². The van der Waals surface area contributed by atoms with E-state index < -0.39 is 5.97 Å². The molecule has 1 aromatic carbocycles. The Balaban J connectivity index is 1.47. The summed E-state index contributed by atoms with van der Waals surface area (Å²) in [6.45, 7) is 4.28. The monoisotopic (exact) mass is 367 g/mol. The van der Waals surface area contributed by atoms with E-state index in [1.165, 1.54) is 0 Å². The third-order valence-electron chi connectivity index (χ3n) is 3.85. The molecule has 0 aliphatic rings. The number of aryl methyl sites for hydroxylation is 1. The zero-order valence-electron chi connectivity index (χ0n) is 15.3. The average molecular weight is 367 g/mol. The molecule has 0 bridgehead atoms. The van der Waals surface area contributed by atoms with Gasteiger partial charge in [-0.1, -0.05) is 6.07 Å². The van der Waals surface area contributed by atoms with Gasteiger partial charge < -0.3 is 19.2 Å². The number of nitrogens with one attached hydrogen (secondary N) is 1. The molecule has 0 unspecified atom stereocenters. The minimum atomic E-state index is -0.525. The summed E-state index contributed by atoms with van der Waals surface area (Å²) >= 11 is 0. The van der Waals surface area contributed by atoms with Gasteiger partial charge in [-0.3, -0.25) is 9.59 Å². The molecular weight excluding hydrogens is 346 g/mol. The Hall–Kier alpha value is -3.35. The first kappa shape index (κ1) is 18.4. The van der Waals surface area contributed by atoms with Crippen molar-refractivity contribution in [2.24, 2.45) is 0 Å². The molecule has 140 valence electrons. The van der Waals surface area contributed by atoms with Crippen LogP contribution in [0.25, 0.3) is 5.65 Å². The summed E-state index contributed by atoms with van der Waals surface area (Å²) in [6, 6.07) is 10.6. The van der Waals surface area contributed by atoms with Gasteiger partial charge in [-0.25, -0.2) is 4.98 Å². The van der Waals surface area contributed by atoms with E-state index in [9.17, 15) is 9.59 Å². The van der Waals surface area contributed by atoms with Crippen molar-refractivity contribution < 1.29 is 19.1 Å². The van der Waals surface area contributed by atoms with Crippen LogP contribution >= 0.6 is 0 Å². The fourth-order valence-corrected chi connectivity index (χ4v) is 2.55. The Kier molecular flexibility index (Phi) is 5.71. The molecule has 2 aromatic heterocycles. The lowest BCUT2D eigenvalue weighted by Gasteiger charge is -2.07. The van der Waals surface area contributed by atoms with Gasteiger partial charge >= 0.3 is 5.97 Å². The van der Waals surface area contributed by atoms with Crippen molar-refractivity contribution in [3.05, 3.63) is 65.6 Å². The molecule has 0 fully saturated rings. The van der Waals surface area contributed by atoms with E-state index in [2.05, 4.69) is 10.3 Å². The van der Waals surface area contributed by atoms with Crippen molar-refractivity contribution in [1.82, 2.24) is 14.7 Å². The second kappa shape index (κ2) is 8.35. The predicted octanol–water partition coefficient (Wildman–Crippen LogP) is 2.51. The van der Waals surface area contributed by atoms with Crippen molar-refractivity contribution in [2.45, 2.75) is 20.5 Å². The molecule has 0 radical (unpaired) electrons. The normalized spacial score (nSPS) is 10.6. The van der Waals surface area contributed by atoms with Crippen LogP contribution in [-0.4, -0.2) is 34.4 Å². The van der Waals surface area contributed by atoms with E-state index in [1.807, 2.05) is 42.8 Å². The summed E-state index contributed by atoms with van der Waals surface area (Å²) in [4.78, 5) is 28.3. The molecule has 7 heteroatoms. The van der Waals surface area contributed by atoms with Crippen LogP contribution in [0.1, 0.15) is 28.5 Å². The molecule has 7 nitrogen and oxygen atoms in total. The molecule has 0 aliphatic heterocycles. The molecule has 27 heavy (non-hydrogen) atoms. The summed E-state index contributed by atoms with van der Waals surface area (Å²) in [7, 11) is 0. The van der Waals surface area contributed by atoms with Crippen LogP contribution < -0.4 is 10.1 Å². The lowest BCUT2D eigenvalue weighted by molar-refractivity contribution is -0.143. The number of nitrogens with zero attached hydrogens (tertiary/aromatic N) is 2. The van der Waals surface area contributed by atoms with Gasteiger partial charge in [-0.15, -0.1) is 0 Å². The predicted molar refractivity (Wildman–Crippen MR) is 99.7 cm³/mol. The number of imidazole rings is 1. The van der Waals surface area contributed by atoms with Crippen molar-refractivity contribution >= 4 is 17.5 Å². The molecular formula is C20H21N3O4. The zero-order valence-corrected chi connectivity index (χ0v) is 15.3. The lowest BCUT2D eigenvalue weighted by Crippen LogP contribution is -2.30. The number of hydrogen-bond acceptors (Lipinski definition) is 5. The Morgan fingerprint density at radius 1 is 1.11 bits per heavy atom. The number of pyridine rings is 1. The third kappa shape index (κ3) is 4.84. The minimum Gasteiger partial charge on any atom is -0.494 e. The first-order chi connectivity index (χ1) is 13.0. The largest absolute Gasteiger partial charge is 0.494 e. The lowest BCUT2D eigenvalue weighted by atomic mass is 10.2. The van der Waals surface area contributed by atoms with Crippen molar-refractivity contribution in [3.8, 4) is 5.75 Å². The summed E-state index contributed by atoms with van der Waals surface area (Å²) in [5.74, 6) is -0.183. The maximum Gasteiger partial charge on any atom is 0.325 e. The van der Waals surface area contributed by atoms with Gasteiger partial charge in [0.2, 0.25) is 0 Å². The van der Waals surface area contributed by atoms with Crippen LogP contribution in [0.4, 0.5) is 0 Å². The van der Waals surface area contributed by atoms with Gasteiger partial charge in [0.05, 0.1) is 12.3 Å². The highest BCUT2D eigenvalue weighted by atomic mass is 16.5. The van der Waals surface area contributed by atoms with E-state index in [0.29, 0.717) is 23.6 Å². The fourth-order valence-electron chi connectivity index (χ4n) is 2.55. The smallest absolute Gasteiger partial charge is 0.325 e. The van der Waals surface area contributed by atoms with Crippen LogP contribution in [0.2, 0.25) is 0 Å². The summed E-state index contributed by atoms with van der Waals surface area (Å²) in [5.41, 5.74) is 2.99. The summed E-state index contributed by atoms with van der Waals surface area (Å²) in [5, 5.41) is 2.54. The van der Waals surface area contributed by atoms with Crippen LogP contribution in [0.5, 0.6) is 5.75 Å². The summed E-state index contributed by atoms with van der Waals surface area (Å²) < 4.78 is 12.4. The van der Waals surface area contributed by atoms with Crippen LogP contribution in [0.3, 0.4) is 0 Å². The maximum atomic E-state index is 12.1. The van der Waals surface area contributed by atoms with E-state index in [1.54, 1.807) is 24.3 Å². The van der Waals surface area contributed by atoms with Crippen molar-refractivity contribution in [1.29, 1.82) is 0 Å². The molecule has 0 saturated carbocycles. The number of esters is 1. The fraction of sp³-hybridized carbons (Fsp3) is 0.250. The second-order valence-electron chi connectivity index (χ2n) is 6.00. The highest BCUT2D eigenvalue weighted by Crippen LogP contribution is 2.12. The van der Waals surface area contributed by atoms with Crippen LogP contribution in [0.15, 0.2) is 48.8 Å². The number of fused-ring (bicyclic) bond motifs is 1. The highest BCUT2D eigenvalue weighted by Gasteiger charge is 2.10. The number of hydrogen-bond donors (Lipinski definition) is 1. The number of rotatable bonds is 7. The molecule has 3 aromatic rings. The van der Waals surface area contributed by atoms with Gasteiger partial charge in [0.1, 0.15) is 24.5 Å². The topological polar surface area (TPSA) is 81.9 Å². The summed E-state index contributed by atoms with van der Waals surface area (Å²) in [6.07, 6.45) is 3.76. The average Bonchev–Trinajstić information content (AvgIpc) is 3.07. The SMILES string of the molecule is CCOc1ccc(C(=O)NCC(=O)OCc2cn3cc(C)ccc3n2)cc1. The number of carbonyl (C=O) groups is 2. The molecule has 0 atom stereocenters. The van der Waals surface area contributed by atoms with Gasteiger partial charge in [0, 0.05) is 18.0 Å². The zero-order chi connectivity index (χ0) is 19.2. The molecule has 0 saturated heterocycles. The molecule has 1 N–H and O–H groups in total. The number of aromatic nitrogens is 2. The Morgan fingerprint density at radius 3 is 2.63 bits per heavy atom. The molecule has 1 amide bonds. The number of ether oxygens (including phenoxy) is 2. The van der Waals surface area contributed by atoms with E-state index >= 15 is 0 Å². The third-order valence-corrected chi connectivity index (χ3v) is 3.85. The van der Waals surface area contributed by atoms with Gasteiger partial charge in [-0.05, 0) is 49.7 Å². The van der Waals surface area contributed by atoms with Crippen molar-refractivity contribution in [2.75, 3.05) is 13.2 Å². The maximum absolute atomic E-state index is 12.1. The van der Waals surface area contributed by atoms with E-state index in [-0.39, 0.29) is 19.1 Å². The molecule has 2 heterocycles. The van der Waals surface area contributed by atoms with E-state index in [0.717, 1.165) is 11.2 Å². The second-order valence-corrected chi connectivity index (χ2v) is 6.00. The number of amides is 1. The molecule has 3 rings (SSSR count). The van der Waals surface area contributed by atoms with Crippen molar-refractivity contribution in [3.63, 3.8) is 0 Å². The van der Waals surface area contributed by atoms with Gasteiger partial charge in [0.25, 0.3) is 5.91 Å². The number of carbonyl (C=O) groups excluding carboxylic acids is 2. The van der Waals surface area contributed by atoms with Crippen LogP contribution in [0, 0.1) is 6.92 Å². The minimum absolute atomic E-state index is 0.0541.